The summed E-state index contributed by atoms with van der Waals surface area (Å²) in [7, 11) is 1.63. The number of nitriles is 1. The number of hydrogen-bond donors (Lipinski definition) is 1. The molecule has 17 heavy (non-hydrogen) atoms. The van der Waals surface area contributed by atoms with Crippen molar-refractivity contribution < 1.29 is 9.59 Å². The summed E-state index contributed by atoms with van der Waals surface area (Å²) in [4.78, 5) is 27.2. The maximum absolute atomic E-state index is 11.9. The van der Waals surface area contributed by atoms with Crippen molar-refractivity contribution in [2.45, 2.75) is 13.8 Å². The van der Waals surface area contributed by atoms with Gasteiger partial charge in [0.05, 0.1) is 12.0 Å². The number of aromatic nitrogens is 1. The van der Waals surface area contributed by atoms with Crippen molar-refractivity contribution >= 4 is 11.7 Å². The summed E-state index contributed by atoms with van der Waals surface area (Å²) in [5, 5.41) is 8.67. The van der Waals surface area contributed by atoms with E-state index in [9.17, 15) is 9.59 Å². The van der Waals surface area contributed by atoms with Gasteiger partial charge in [0, 0.05) is 25.4 Å². The highest BCUT2D eigenvalue weighted by Crippen LogP contribution is 2.08. The molecule has 0 aromatic carbocycles. The fourth-order valence-electron chi connectivity index (χ4n) is 1.46. The zero-order valence-corrected chi connectivity index (χ0v) is 10.2. The van der Waals surface area contributed by atoms with Crippen molar-refractivity contribution in [3.8, 4) is 6.07 Å². The van der Waals surface area contributed by atoms with E-state index in [0.717, 1.165) is 0 Å². The maximum atomic E-state index is 11.9. The number of hydrogen-bond acceptors (Lipinski definition) is 3. The number of aromatic amines is 1. The second-order valence-electron chi connectivity index (χ2n) is 4.07. The van der Waals surface area contributed by atoms with E-state index < -0.39 is 0 Å². The monoisotopic (exact) mass is 233 g/mol. The Morgan fingerprint density at radius 3 is 2.71 bits per heavy atom. The standard InChI is InChI=1S/C12H15N3O2/c1-8(5-13)7-15(3)12(17)11-4-10(6-14-11)9(2)16/h4,6,8,14H,7H2,1-3H3/t8-/m1/s1. The van der Waals surface area contributed by atoms with Crippen LogP contribution >= 0.6 is 0 Å². The molecule has 0 radical (unpaired) electrons. The first kappa shape index (κ1) is 13.0. The average Bonchev–Trinajstić information content (AvgIpc) is 2.77. The van der Waals surface area contributed by atoms with E-state index in [1.54, 1.807) is 14.0 Å². The molecule has 1 atom stereocenters. The Hall–Kier alpha value is -2.09. The number of ketones is 1. The number of carbonyl (C=O) groups excluding carboxylic acids is 2. The third-order valence-electron chi connectivity index (χ3n) is 2.43. The van der Waals surface area contributed by atoms with Crippen LogP contribution in [0.2, 0.25) is 0 Å². The number of Topliss-reactive ketones (excluding diaryl/α,β-unsaturated/α-hetero) is 1. The molecule has 0 aliphatic carbocycles. The summed E-state index contributed by atoms with van der Waals surface area (Å²) in [5.74, 6) is -0.529. The van der Waals surface area contributed by atoms with Crippen LogP contribution in [0.3, 0.4) is 0 Å². The Bertz CT molecular complexity index is 470. The molecule has 0 bridgehead atoms. The van der Waals surface area contributed by atoms with E-state index >= 15 is 0 Å². The van der Waals surface area contributed by atoms with Crippen LogP contribution in [0.5, 0.6) is 0 Å². The van der Waals surface area contributed by atoms with Crippen LogP contribution in [0.4, 0.5) is 0 Å². The first-order chi connectivity index (χ1) is 7.95. The van der Waals surface area contributed by atoms with Crippen LogP contribution in [0.1, 0.15) is 34.7 Å². The molecule has 1 amide bonds. The Kier molecular flexibility index (Phi) is 4.05. The number of rotatable bonds is 4. The molecule has 1 N–H and O–H groups in total. The summed E-state index contributed by atoms with van der Waals surface area (Å²) in [6, 6.07) is 3.59. The molecule has 90 valence electrons. The summed E-state index contributed by atoms with van der Waals surface area (Å²) < 4.78 is 0. The van der Waals surface area contributed by atoms with Crippen molar-refractivity contribution in [3.63, 3.8) is 0 Å². The van der Waals surface area contributed by atoms with E-state index in [4.69, 9.17) is 5.26 Å². The SMILES string of the molecule is CC(=O)c1c[nH]c(C(=O)N(C)C[C@H](C)C#N)c1. The minimum atomic E-state index is -0.223. The lowest BCUT2D eigenvalue weighted by Crippen LogP contribution is -2.30. The smallest absolute Gasteiger partial charge is 0.270 e. The molecule has 0 aliphatic heterocycles. The van der Waals surface area contributed by atoms with E-state index in [1.807, 2.05) is 0 Å². The molecular formula is C12H15N3O2. The lowest BCUT2D eigenvalue weighted by Gasteiger charge is -2.17. The molecular weight excluding hydrogens is 218 g/mol. The first-order valence-electron chi connectivity index (χ1n) is 5.30. The Morgan fingerprint density at radius 1 is 1.59 bits per heavy atom. The van der Waals surface area contributed by atoms with E-state index in [2.05, 4.69) is 11.1 Å². The largest absolute Gasteiger partial charge is 0.356 e. The quantitative estimate of drug-likeness (QED) is 0.799. The lowest BCUT2D eigenvalue weighted by molar-refractivity contribution is 0.0780. The topological polar surface area (TPSA) is 77.0 Å². The Balaban J connectivity index is 2.75. The highest BCUT2D eigenvalue weighted by atomic mass is 16.2. The summed E-state index contributed by atoms with van der Waals surface area (Å²) >= 11 is 0. The molecule has 5 heteroatoms. The van der Waals surface area contributed by atoms with Gasteiger partial charge in [-0.3, -0.25) is 9.59 Å². The molecule has 0 spiro atoms. The highest BCUT2D eigenvalue weighted by molar-refractivity contribution is 5.98. The van der Waals surface area contributed by atoms with Gasteiger partial charge < -0.3 is 9.88 Å². The van der Waals surface area contributed by atoms with Gasteiger partial charge in [-0.1, -0.05) is 0 Å². The van der Waals surface area contributed by atoms with Gasteiger partial charge in [-0.25, -0.2) is 0 Å². The summed E-state index contributed by atoms with van der Waals surface area (Å²) in [6.45, 7) is 3.56. The van der Waals surface area contributed by atoms with Gasteiger partial charge in [0.1, 0.15) is 5.69 Å². The fraction of sp³-hybridized carbons (Fsp3) is 0.417. The summed E-state index contributed by atoms with van der Waals surface area (Å²) in [6.07, 6.45) is 1.51. The van der Waals surface area contributed by atoms with Crippen LogP contribution in [0, 0.1) is 17.2 Å². The molecule has 0 saturated carbocycles. The van der Waals surface area contributed by atoms with Crippen LogP contribution < -0.4 is 0 Å². The van der Waals surface area contributed by atoms with Crippen molar-refractivity contribution in [1.82, 2.24) is 9.88 Å². The number of carbonyl (C=O) groups is 2. The van der Waals surface area contributed by atoms with Gasteiger partial charge in [0.15, 0.2) is 5.78 Å². The molecule has 1 aromatic rings. The molecule has 0 saturated heterocycles. The molecule has 1 rings (SSSR count). The van der Waals surface area contributed by atoms with Crippen molar-refractivity contribution in [1.29, 1.82) is 5.26 Å². The molecule has 1 aromatic heterocycles. The van der Waals surface area contributed by atoms with Crippen molar-refractivity contribution in [3.05, 3.63) is 23.5 Å². The normalized spacial score (nSPS) is 11.6. The van der Waals surface area contributed by atoms with E-state index in [1.165, 1.54) is 24.1 Å². The third kappa shape index (κ3) is 3.18. The van der Waals surface area contributed by atoms with Crippen molar-refractivity contribution in [2.75, 3.05) is 13.6 Å². The molecule has 1 heterocycles. The second-order valence-corrected chi connectivity index (χ2v) is 4.07. The van der Waals surface area contributed by atoms with Crippen molar-refractivity contribution in [2.24, 2.45) is 5.92 Å². The number of nitrogens with one attached hydrogen (secondary N) is 1. The first-order valence-corrected chi connectivity index (χ1v) is 5.30. The predicted molar refractivity (Wildman–Crippen MR) is 62.5 cm³/mol. The number of nitrogens with zero attached hydrogens (tertiary/aromatic N) is 2. The fourth-order valence-corrected chi connectivity index (χ4v) is 1.46. The predicted octanol–water partition coefficient (Wildman–Crippen LogP) is 1.45. The van der Waals surface area contributed by atoms with Gasteiger partial charge in [0.2, 0.25) is 0 Å². The average molecular weight is 233 g/mol. The number of amides is 1. The van der Waals surface area contributed by atoms with Gasteiger partial charge in [-0.15, -0.1) is 0 Å². The zero-order chi connectivity index (χ0) is 13.0. The van der Waals surface area contributed by atoms with Gasteiger partial charge in [-0.2, -0.15) is 5.26 Å². The maximum Gasteiger partial charge on any atom is 0.270 e. The van der Waals surface area contributed by atoms with Gasteiger partial charge in [-0.05, 0) is 19.9 Å². The molecule has 0 unspecified atom stereocenters. The summed E-state index contributed by atoms with van der Waals surface area (Å²) in [5.41, 5.74) is 0.845. The molecule has 0 fully saturated rings. The van der Waals surface area contributed by atoms with Crippen LogP contribution in [-0.4, -0.2) is 35.2 Å². The Morgan fingerprint density at radius 2 is 2.24 bits per heavy atom. The lowest BCUT2D eigenvalue weighted by atomic mass is 10.2. The van der Waals surface area contributed by atoms with Crippen LogP contribution in [-0.2, 0) is 0 Å². The van der Waals surface area contributed by atoms with E-state index in [-0.39, 0.29) is 17.6 Å². The van der Waals surface area contributed by atoms with E-state index in [0.29, 0.717) is 17.8 Å². The second kappa shape index (κ2) is 5.30. The van der Waals surface area contributed by atoms with Gasteiger partial charge >= 0.3 is 0 Å². The zero-order valence-electron chi connectivity index (χ0n) is 10.2. The minimum absolute atomic E-state index is 0.0895. The van der Waals surface area contributed by atoms with Crippen LogP contribution in [0.15, 0.2) is 12.3 Å². The molecule has 5 nitrogen and oxygen atoms in total. The molecule has 0 aliphatic rings. The highest BCUT2D eigenvalue weighted by Gasteiger charge is 2.16. The van der Waals surface area contributed by atoms with Gasteiger partial charge in [0.25, 0.3) is 5.91 Å². The Labute approximate surface area is 100 Å². The van der Waals surface area contributed by atoms with Crippen LogP contribution in [0.25, 0.3) is 0 Å². The number of H-pyrrole nitrogens is 1. The third-order valence-corrected chi connectivity index (χ3v) is 2.43. The minimum Gasteiger partial charge on any atom is -0.356 e.